The number of ether oxygens (including phenoxy) is 3. The number of aliphatic hydroxyl groups excluding tert-OH is 1. The van der Waals surface area contributed by atoms with Crippen LogP contribution >= 0.6 is 0 Å². The van der Waals surface area contributed by atoms with Crippen molar-refractivity contribution in [3.05, 3.63) is 108 Å². The maximum Gasteiger partial charge on any atom is 0.251 e. The van der Waals surface area contributed by atoms with Crippen LogP contribution in [0.2, 0.25) is 0 Å². The number of carbonyl (C=O) groups is 1. The Morgan fingerprint density at radius 1 is 0.744 bits per heavy atom. The lowest BCUT2D eigenvalue weighted by atomic mass is 10.0. The third kappa shape index (κ3) is 9.56. The molecular formula is C32H40N2O5. The topological polar surface area (TPSA) is 71.5 Å². The van der Waals surface area contributed by atoms with E-state index in [1.54, 1.807) is 0 Å². The lowest BCUT2D eigenvalue weighted by Crippen LogP contribution is -2.52. The van der Waals surface area contributed by atoms with Crippen LogP contribution in [-0.4, -0.2) is 79.0 Å². The summed E-state index contributed by atoms with van der Waals surface area (Å²) in [6.07, 6.45) is -2.11. The first-order valence-electron chi connectivity index (χ1n) is 13.7. The lowest BCUT2D eigenvalue weighted by molar-refractivity contribution is -0.153. The zero-order valence-electron chi connectivity index (χ0n) is 22.7. The van der Waals surface area contributed by atoms with Crippen molar-refractivity contribution in [3.63, 3.8) is 0 Å². The fourth-order valence-electron chi connectivity index (χ4n) is 4.55. The fourth-order valence-corrected chi connectivity index (χ4v) is 4.55. The highest BCUT2D eigenvalue weighted by atomic mass is 16.5. The van der Waals surface area contributed by atoms with Crippen molar-refractivity contribution in [2.24, 2.45) is 0 Å². The molecule has 1 aliphatic heterocycles. The Bertz CT molecular complexity index is 1090. The third-order valence-electron chi connectivity index (χ3n) is 6.97. The lowest BCUT2D eigenvalue weighted by Gasteiger charge is -2.35. The molecule has 1 aliphatic rings. The van der Waals surface area contributed by atoms with Crippen LogP contribution < -0.4 is 0 Å². The van der Waals surface area contributed by atoms with Gasteiger partial charge in [-0.15, -0.1) is 0 Å². The van der Waals surface area contributed by atoms with E-state index in [2.05, 4.69) is 11.9 Å². The number of piperazine rings is 1. The molecule has 208 valence electrons. The Kier molecular flexibility index (Phi) is 11.5. The molecule has 3 aromatic carbocycles. The molecule has 39 heavy (non-hydrogen) atoms. The Morgan fingerprint density at radius 3 is 1.77 bits per heavy atom. The summed E-state index contributed by atoms with van der Waals surface area (Å²) in [7, 11) is 2.06. The molecule has 4 rings (SSSR count). The maximum atomic E-state index is 13.7. The number of rotatable bonds is 14. The van der Waals surface area contributed by atoms with Gasteiger partial charge >= 0.3 is 0 Å². The first-order chi connectivity index (χ1) is 19.1. The van der Waals surface area contributed by atoms with Crippen molar-refractivity contribution in [2.45, 2.75) is 44.6 Å². The van der Waals surface area contributed by atoms with E-state index in [0.29, 0.717) is 32.9 Å². The van der Waals surface area contributed by atoms with E-state index in [4.69, 9.17) is 14.2 Å². The Labute approximate surface area is 231 Å². The summed E-state index contributed by atoms with van der Waals surface area (Å²) in [5.74, 6) is -0.0650. The minimum Gasteiger partial charge on any atom is -0.388 e. The molecule has 1 heterocycles. The predicted molar refractivity (Wildman–Crippen MR) is 151 cm³/mol. The summed E-state index contributed by atoms with van der Waals surface area (Å²) >= 11 is 0. The molecular weight excluding hydrogens is 492 g/mol. The molecule has 3 aromatic rings. The third-order valence-corrected chi connectivity index (χ3v) is 6.97. The first kappa shape index (κ1) is 28.9. The number of benzene rings is 3. The van der Waals surface area contributed by atoms with Crippen LogP contribution in [0.25, 0.3) is 0 Å². The largest absolute Gasteiger partial charge is 0.388 e. The van der Waals surface area contributed by atoms with Crippen LogP contribution in [0.15, 0.2) is 91.0 Å². The smallest absolute Gasteiger partial charge is 0.251 e. The second-order valence-electron chi connectivity index (χ2n) is 10.1. The van der Waals surface area contributed by atoms with Crippen molar-refractivity contribution in [3.8, 4) is 0 Å². The van der Waals surface area contributed by atoms with Gasteiger partial charge in [0.25, 0.3) is 5.91 Å². The standard InChI is InChI=1S/C32H40N2O5/c1-33-17-19-34(20-18-33)32(36)31(39-24-28-15-9-4-10-16-28)21-30(38-23-27-13-7-3-8-14-27)29(35)25-37-22-26-11-5-2-6-12-26/h2-16,29-31,35H,17-25H2,1H3/t29?,30-,31+/m0/s1. The quantitative estimate of drug-likeness (QED) is 0.340. The average molecular weight is 533 g/mol. The van der Waals surface area contributed by atoms with Crippen molar-refractivity contribution in [2.75, 3.05) is 39.8 Å². The number of carbonyl (C=O) groups excluding carboxylic acids is 1. The van der Waals surface area contributed by atoms with Crippen LogP contribution in [0, 0.1) is 0 Å². The summed E-state index contributed by atoms with van der Waals surface area (Å²) in [5.41, 5.74) is 3.01. The second kappa shape index (κ2) is 15.5. The molecule has 1 saturated heterocycles. The van der Waals surface area contributed by atoms with Crippen molar-refractivity contribution in [1.82, 2.24) is 9.80 Å². The van der Waals surface area contributed by atoms with Gasteiger partial charge in [-0.05, 0) is 23.7 Å². The van der Waals surface area contributed by atoms with E-state index in [-0.39, 0.29) is 18.9 Å². The van der Waals surface area contributed by atoms with Crippen LogP contribution in [-0.2, 0) is 38.8 Å². The predicted octanol–water partition coefficient (Wildman–Crippen LogP) is 3.90. The van der Waals surface area contributed by atoms with Gasteiger partial charge in [-0.1, -0.05) is 91.0 Å². The maximum absolute atomic E-state index is 13.7. The van der Waals surface area contributed by atoms with Crippen LogP contribution in [0.1, 0.15) is 23.1 Å². The Morgan fingerprint density at radius 2 is 1.23 bits per heavy atom. The normalized spacial score (nSPS) is 16.5. The van der Waals surface area contributed by atoms with E-state index >= 15 is 0 Å². The van der Waals surface area contributed by atoms with Gasteiger partial charge in [0, 0.05) is 32.6 Å². The highest BCUT2D eigenvalue weighted by molar-refractivity contribution is 5.81. The van der Waals surface area contributed by atoms with Crippen LogP contribution in [0.5, 0.6) is 0 Å². The molecule has 0 aliphatic carbocycles. The molecule has 0 radical (unpaired) electrons. The molecule has 0 aromatic heterocycles. The summed E-state index contributed by atoms with van der Waals surface area (Å²) in [6, 6.07) is 29.5. The molecule has 1 amide bonds. The number of hydrogen-bond acceptors (Lipinski definition) is 6. The van der Waals surface area contributed by atoms with Gasteiger partial charge in [-0.25, -0.2) is 0 Å². The van der Waals surface area contributed by atoms with Gasteiger partial charge in [0.2, 0.25) is 0 Å². The monoisotopic (exact) mass is 532 g/mol. The molecule has 1 fully saturated rings. The molecule has 7 heteroatoms. The minimum atomic E-state index is -0.930. The van der Waals surface area contributed by atoms with Gasteiger partial charge in [0.15, 0.2) is 0 Å². The van der Waals surface area contributed by atoms with Gasteiger partial charge in [-0.2, -0.15) is 0 Å². The summed E-state index contributed by atoms with van der Waals surface area (Å²) in [4.78, 5) is 17.7. The summed E-state index contributed by atoms with van der Waals surface area (Å²) in [5, 5.41) is 11.2. The zero-order chi connectivity index (χ0) is 27.3. The van der Waals surface area contributed by atoms with Crippen molar-refractivity contribution in [1.29, 1.82) is 0 Å². The average Bonchev–Trinajstić information content (AvgIpc) is 2.98. The van der Waals surface area contributed by atoms with Gasteiger partial charge in [0.05, 0.1) is 32.5 Å². The number of amides is 1. The SMILES string of the molecule is CN1CCN(C(=O)[C@@H](C[C@H](OCc2ccccc2)C(O)COCc2ccccc2)OCc2ccccc2)CC1. The molecule has 0 spiro atoms. The highest BCUT2D eigenvalue weighted by Crippen LogP contribution is 2.19. The first-order valence-corrected chi connectivity index (χ1v) is 13.7. The van der Waals surface area contributed by atoms with Crippen LogP contribution in [0.4, 0.5) is 0 Å². The van der Waals surface area contributed by atoms with Crippen molar-refractivity contribution < 1.29 is 24.1 Å². The van der Waals surface area contributed by atoms with Crippen molar-refractivity contribution >= 4 is 5.91 Å². The molecule has 0 saturated carbocycles. The van der Waals surface area contributed by atoms with Crippen LogP contribution in [0.3, 0.4) is 0 Å². The second-order valence-corrected chi connectivity index (χ2v) is 10.1. The van der Waals surface area contributed by atoms with E-state index in [0.717, 1.165) is 29.8 Å². The fraction of sp³-hybridized carbons (Fsp3) is 0.406. The van der Waals surface area contributed by atoms with E-state index in [1.807, 2.05) is 95.9 Å². The Hall–Kier alpha value is -3.07. The van der Waals surface area contributed by atoms with E-state index in [1.165, 1.54) is 0 Å². The minimum absolute atomic E-state index is 0.0650. The molecule has 3 atom stereocenters. The van der Waals surface area contributed by atoms with Gasteiger partial charge in [0.1, 0.15) is 12.2 Å². The zero-order valence-corrected chi connectivity index (χ0v) is 22.7. The molecule has 0 bridgehead atoms. The van der Waals surface area contributed by atoms with E-state index < -0.39 is 18.3 Å². The number of likely N-dealkylation sites (N-methyl/N-ethyl adjacent to an activating group) is 1. The van der Waals surface area contributed by atoms with Gasteiger partial charge in [-0.3, -0.25) is 4.79 Å². The summed E-state index contributed by atoms with van der Waals surface area (Å²) in [6.45, 7) is 4.03. The Balaban J connectivity index is 1.45. The number of nitrogens with zero attached hydrogens (tertiary/aromatic N) is 2. The summed E-state index contributed by atoms with van der Waals surface area (Å²) < 4.78 is 18.3. The molecule has 1 N–H and O–H groups in total. The molecule has 7 nitrogen and oxygen atoms in total. The molecule has 1 unspecified atom stereocenters. The highest BCUT2D eigenvalue weighted by Gasteiger charge is 2.33. The van der Waals surface area contributed by atoms with E-state index in [9.17, 15) is 9.90 Å². The number of hydrogen-bond donors (Lipinski definition) is 1. The van der Waals surface area contributed by atoms with Gasteiger partial charge < -0.3 is 29.1 Å². The number of aliphatic hydroxyl groups is 1.